The zero-order valence-corrected chi connectivity index (χ0v) is 18.0. The zero-order chi connectivity index (χ0) is 20.9. The van der Waals surface area contributed by atoms with Crippen molar-refractivity contribution in [1.29, 1.82) is 0 Å². The first-order chi connectivity index (χ1) is 14.6. The lowest BCUT2D eigenvalue weighted by Gasteiger charge is -2.09. The lowest BCUT2D eigenvalue weighted by Crippen LogP contribution is -2.11. The van der Waals surface area contributed by atoms with Crippen LogP contribution in [0.3, 0.4) is 0 Å². The van der Waals surface area contributed by atoms with Crippen molar-refractivity contribution in [2.45, 2.75) is 24.8 Å². The first-order valence-electron chi connectivity index (χ1n) is 9.20. The Kier molecular flexibility index (Phi) is 6.15. The molecule has 0 unspecified atom stereocenters. The number of carbonyl (C=O) groups is 1. The molecule has 0 aliphatic carbocycles. The van der Waals surface area contributed by atoms with Crippen molar-refractivity contribution in [3.63, 3.8) is 0 Å². The standard InChI is InChI=1S/C20H18N6O2S2/c1-3-28-17(27)13-10-22-18(26-20-25-14-6-4-5-7-16(14)30-20)24-15(13)11-29-19-21-9-8-12(2)23-19/h4-10H,3,11H2,1-2H3,(H,22,24,25,26). The van der Waals surface area contributed by atoms with Gasteiger partial charge in [0.25, 0.3) is 0 Å². The first kappa shape index (κ1) is 20.2. The SMILES string of the molecule is CCOC(=O)c1cnc(Nc2nc3ccccc3s2)nc1CSc1nccc(C)n1. The number of para-hydroxylation sites is 1. The van der Waals surface area contributed by atoms with Crippen LogP contribution in [0.25, 0.3) is 10.2 Å². The number of nitrogens with zero attached hydrogens (tertiary/aromatic N) is 5. The summed E-state index contributed by atoms with van der Waals surface area (Å²) in [5, 5.41) is 4.43. The summed E-state index contributed by atoms with van der Waals surface area (Å²) in [6.07, 6.45) is 3.19. The Balaban J connectivity index is 1.60. The maximum Gasteiger partial charge on any atom is 0.341 e. The maximum absolute atomic E-state index is 12.3. The fraction of sp³-hybridized carbons (Fsp3) is 0.200. The third kappa shape index (κ3) is 4.71. The predicted octanol–water partition coefficient (Wildman–Crippen LogP) is 4.40. The molecule has 10 heteroatoms. The molecule has 0 atom stereocenters. The number of thioether (sulfide) groups is 1. The fourth-order valence-corrected chi connectivity index (χ4v) is 4.31. The molecule has 0 amide bonds. The van der Waals surface area contributed by atoms with Gasteiger partial charge in [0.15, 0.2) is 10.3 Å². The van der Waals surface area contributed by atoms with Crippen LogP contribution < -0.4 is 5.32 Å². The monoisotopic (exact) mass is 438 g/mol. The van der Waals surface area contributed by atoms with E-state index in [9.17, 15) is 4.79 Å². The van der Waals surface area contributed by atoms with Gasteiger partial charge in [-0.25, -0.2) is 29.7 Å². The zero-order valence-electron chi connectivity index (χ0n) is 16.3. The second kappa shape index (κ2) is 9.14. The molecule has 0 spiro atoms. The Morgan fingerprint density at radius 1 is 1.17 bits per heavy atom. The van der Waals surface area contributed by atoms with Gasteiger partial charge in [-0.15, -0.1) is 0 Å². The number of aromatic nitrogens is 5. The molecule has 3 aromatic heterocycles. The van der Waals surface area contributed by atoms with Crippen LogP contribution in [-0.2, 0) is 10.5 Å². The quantitative estimate of drug-likeness (QED) is 0.255. The molecule has 8 nitrogen and oxygen atoms in total. The van der Waals surface area contributed by atoms with E-state index in [1.807, 2.05) is 37.3 Å². The van der Waals surface area contributed by atoms with Crippen LogP contribution in [0.15, 0.2) is 47.9 Å². The summed E-state index contributed by atoms with van der Waals surface area (Å²) in [7, 11) is 0. The van der Waals surface area contributed by atoms with Gasteiger partial charge >= 0.3 is 5.97 Å². The van der Waals surface area contributed by atoms with Gasteiger partial charge in [0.2, 0.25) is 5.95 Å². The summed E-state index contributed by atoms with van der Waals surface area (Å²) in [5.41, 5.74) is 2.65. The third-order valence-electron chi connectivity index (χ3n) is 3.99. The number of hydrogen-bond acceptors (Lipinski definition) is 10. The third-order valence-corrected chi connectivity index (χ3v) is 5.81. The minimum Gasteiger partial charge on any atom is -0.462 e. The molecule has 0 saturated heterocycles. The van der Waals surface area contributed by atoms with E-state index in [-0.39, 0.29) is 6.61 Å². The summed E-state index contributed by atoms with van der Waals surface area (Å²) >= 11 is 2.90. The Morgan fingerprint density at radius 2 is 2.03 bits per heavy atom. The van der Waals surface area contributed by atoms with E-state index in [2.05, 4.69) is 30.2 Å². The fourth-order valence-electron chi connectivity index (χ4n) is 2.62. The number of fused-ring (bicyclic) bond motifs is 1. The van der Waals surface area contributed by atoms with Crippen molar-refractivity contribution in [1.82, 2.24) is 24.9 Å². The smallest absolute Gasteiger partial charge is 0.341 e. The van der Waals surface area contributed by atoms with Gasteiger partial charge in [0.1, 0.15) is 5.56 Å². The molecule has 0 radical (unpaired) electrons. The number of esters is 1. The highest BCUT2D eigenvalue weighted by molar-refractivity contribution is 7.98. The normalized spacial score (nSPS) is 10.9. The molecule has 0 bridgehead atoms. The molecule has 0 aliphatic rings. The Hall–Kier alpha value is -3.11. The molecule has 30 heavy (non-hydrogen) atoms. The second-order valence-corrected chi connectivity index (χ2v) is 8.13. The van der Waals surface area contributed by atoms with Gasteiger partial charge in [0, 0.05) is 23.8 Å². The molecule has 4 rings (SSSR count). The predicted molar refractivity (Wildman–Crippen MR) is 117 cm³/mol. The first-order valence-corrected chi connectivity index (χ1v) is 11.0. The maximum atomic E-state index is 12.3. The molecule has 0 aliphatic heterocycles. The summed E-state index contributed by atoms with van der Waals surface area (Å²) in [6, 6.07) is 9.70. The highest BCUT2D eigenvalue weighted by Crippen LogP contribution is 2.28. The molecular weight excluding hydrogens is 420 g/mol. The van der Waals surface area contributed by atoms with E-state index >= 15 is 0 Å². The number of hydrogen-bond donors (Lipinski definition) is 1. The number of benzene rings is 1. The van der Waals surface area contributed by atoms with E-state index in [0.29, 0.717) is 33.2 Å². The van der Waals surface area contributed by atoms with E-state index in [0.717, 1.165) is 15.9 Å². The lowest BCUT2D eigenvalue weighted by atomic mass is 10.2. The topological polar surface area (TPSA) is 103 Å². The van der Waals surface area contributed by atoms with Crippen LogP contribution in [0, 0.1) is 6.92 Å². The van der Waals surface area contributed by atoms with Gasteiger partial charge in [-0.1, -0.05) is 35.2 Å². The molecular formula is C20H18N6O2S2. The number of rotatable bonds is 7. The van der Waals surface area contributed by atoms with Gasteiger partial charge in [-0.05, 0) is 32.0 Å². The Labute approximate surface area is 181 Å². The van der Waals surface area contributed by atoms with Crippen molar-refractivity contribution in [2.24, 2.45) is 0 Å². The number of anilines is 2. The number of thiazole rings is 1. The van der Waals surface area contributed by atoms with Gasteiger partial charge < -0.3 is 10.1 Å². The van der Waals surface area contributed by atoms with Crippen molar-refractivity contribution >= 4 is 50.4 Å². The van der Waals surface area contributed by atoms with Crippen molar-refractivity contribution in [2.75, 3.05) is 11.9 Å². The summed E-state index contributed by atoms with van der Waals surface area (Å²) in [4.78, 5) is 34.3. The summed E-state index contributed by atoms with van der Waals surface area (Å²) < 4.78 is 6.21. The van der Waals surface area contributed by atoms with Gasteiger partial charge in [-0.2, -0.15) is 0 Å². The number of carbonyl (C=O) groups excluding carboxylic acids is 1. The van der Waals surface area contributed by atoms with Crippen molar-refractivity contribution < 1.29 is 9.53 Å². The van der Waals surface area contributed by atoms with Crippen LogP contribution in [0.5, 0.6) is 0 Å². The molecule has 152 valence electrons. The number of ether oxygens (including phenoxy) is 1. The van der Waals surface area contributed by atoms with Crippen molar-refractivity contribution in [3.05, 3.63) is 59.7 Å². The summed E-state index contributed by atoms with van der Waals surface area (Å²) in [6.45, 7) is 3.94. The van der Waals surface area contributed by atoms with E-state index in [1.165, 1.54) is 29.3 Å². The molecule has 0 fully saturated rings. The lowest BCUT2D eigenvalue weighted by molar-refractivity contribution is 0.0524. The second-order valence-electron chi connectivity index (χ2n) is 6.16. The minimum atomic E-state index is -0.454. The highest BCUT2D eigenvalue weighted by atomic mass is 32.2. The van der Waals surface area contributed by atoms with Gasteiger partial charge in [0.05, 0.1) is 22.5 Å². The van der Waals surface area contributed by atoms with Crippen LogP contribution in [-0.4, -0.2) is 37.5 Å². The Bertz CT molecular complexity index is 1160. The van der Waals surface area contributed by atoms with E-state index in [1.54, 1.807) is 13.1 Å². The molecule has 4 aromatic rings. The Morgan fingerprint density at radius 3 is 2.83 bits per heavy atom. The van der Waals surface area contributed by atoms with Crippen molar-refractivity contribution in [3.8, 4) is 0 Å². The highest BCUT2D eigenvalue weighted by Gasteiger charge is 2.17. The average Bonchev–Trinajstić information content (AvgIpc) is 3.15. The number of aryl methyl sites for hydroxylation is 1. The van der Waals surface area contributed by atoms with E-state index in [4.69, 9.17) is 4.74 Å². The van der Waals surface area contributed by atoms with Gasteiger partial charge in [-0.3, -0.25) is 0 Å². The molecule has 1 N–H and O–H groups in total. The molecule has 0 saturated carbocycles. The van der Waals surface area contributed by atoms with Crippen LogP contribution in [0.1, 0.15) is 28.7 Å². The van der Waals surface area contributed by atoms with Crippen LogP contribution in [0.4, 0.5) is 11.1 Å². The minimum absolute atomic E-state index is 0.276. The molecule has 1 aromatic carbocycles. The molecule has 3 heterocycles. The summed E-state index contributed by atoms with van der Waals surface area (Å²) in [5.74, 6) is 0.307. The van der Waals surface area contributed by atoms with Crippen LogP contribution in [0.2, 0.25) is 0 Å². The average molecular weight is 439 g/mol. The van der Waals surface area contributed by atoms with E-state index < -0.39 is 5.97 Å². The number of nitrogens with one attached hydrogen (secondary N) is 1. The largest absolute Gasteiger partial charge is 0.462 e. The van der Waals surface area contributed by atoms with Crippen LogP contribution >= 0.6 is 23.1 Å².